The van der Waals surface area contributed by atoms with Gasteiger partial charge in [0.05, 0.1) is 0 Å². The monoisotopic (exact) mass is 260 g/mol. The number of hydrogen-bond donors (Lipinski definition) is 1. The summed E-state index contributed by atoms with van der Waals surface area (Å²) in [5.74, 6) is 0.0839. The van der Waals surface area contributed by atoms with Gasteiger partial charge in [-0.1, -0.05) is 23.2 Å². The Balaban J connectivity index is 2.46. The summed E-state index contributed by atoms with van der Waals surface area (Å²) in [6.45, 7) is 0.563. The molecule has 0 radical (unpaired) electrons. The van der Waals surface area contributed by atoms with Crippen LogP contribution in [0, 0.1) is 0 Å². The molecule has 1 amide bonds. The molecule has 0 aromatic heterocycles. The fraction of sp³-hybridized carbons (Fsp3) is 0.364. The SMILES string of the molecule is CN(C)C(=O)CCNc1cc(Cl)cc(Cl)c1. The molecule has 0 saturated heterocycles. The minimum atomic E-state index is 0.0839. The molecule has 1 rings (SSSR count). The molecule has 1 N–H and O–H groups in total. The Hall–Kier alpha value is -0.930. The van der Waals surface area contributed by atoms with Gasteiger partial charge in [-0.25, -0.2) is 0 Å². The number of rotatable bonds is 4. The smallest absolute Gasteiger partial charge is 0.223 e. The average molecular weight is 261 g/mol. The molecule has 88 valence electrons. The van der Waals surface area contributed by atoms with Crippen LogP contribution in [-0.4, -0.2) is 31.4 Å². The summed E-state index contributed by atoms with van der Waals surface area (Å²) < 4.78 is 0. The second-order valence-corrected chi connectivity index (χ2v) is 4.50. The van der Waals surface area contributed by atoms with Crippen LogP contribution in [0.5, 0.6) is 0 Å². The molecule has 1 aromatic carbocycles. The molecule has 0 fully saturated rings. The third-order valence-corrected chi connectivity index (χ3v) is 2.47. The summed E-state index contributed by atoms with van der Waals surface area (Å²) in [7, 11) is 3.47. The van der Waals surface area contributed by atoms with Crippen molar-refractivity contribution >= 4 is 34.8 Å². The van der Waals surface area contributed by atoms with Gasteiger partial charge >= 0.3 is 0 Å². The zero-order valence-electron chi connectivity index (χ0n) is 9.26. The van der Waals surface area contributed by atoms with Crippen LogP contribution in [0.15, 0.2) is 18.2 Å². The van der Waals surface area contributed by atoms with E-state index in [-0.39, 0.29) is 5.91 Å². The average Bonchev–Trinajstić information content (AvgIpc) is 2.15. The molecule has 0 unspecified atom stereocenters. The lowest BCUT2D eigenvalue weighted by molar-refractivity contribution is -0.128. The van der Waals surface area contributed by atoms with Crippen molar-refractivity contribution < 1.29 is 4.79 Å². The number of amides is 1. The van der Waals surface area contributed by atoms with E-state index >= 15 is 0 Å². The van der Waals surface area contributed by atoms with E-state index in [1.54, 1.807) is 37.2 Å². The van der Waals surface area contributed by atoms with Gasteiger partial charge in [0.1, 0.15) is 0 Å². The van der Waals surface area contributed by atoms with Crippen molar-refractivity contribution in [1.82, 2.24) is 4.90 Å². The maximum atomic E-state index is 11.3. The Morgan fingerprint density at radius 1 is 1.25 bits per heavy atom. The number of anilines is 1. The number of benzene rings is 1. The maximum absolute atomic E-state index is 11.3. The predicted molar refractivity (Wildman–Crippen MR) is 68.3 cm³/mol. The summed E-state index contributed by atoms with van der Waals surface area (Å²) in [6.07, 6.45) is 0.442. The van der Waals surface area contributed by atoms with Crippen molar-refractivity contribution in [2.75, 3.05) is 26.0 Å². The van der Waals surface area contributed by atoms with Crippen LogP contribution in [0.3, 0.4) is 0 Å². The predicted octanol–water partition coefficient (Wildman–Crippen LogP) is 2.88. The lowest BCUT2D eigenvalue weighted by atomic mass is 10.3. The summed E-state index contributed by atoms with van der Waals surface area (Å²) in [6, 6.07) is 5.21. The molecule has 0 atom stereocenters. The lowest BCUT2D eigenvalue weighted by Crippen LogP contribution is -2.23. The Bertz CT molecular complexity index is 360. The standard InChI is InChI=1S/C11H14Cl2N2O/c1-15(2)11(16)3-4-14-10-6-8(12)5-9(13)7-10/h5-7,14H,3-4H2,1-2H3. The van der Waals surface area contributed by atoms with Crippen LogP contribution in [0.4, 0.5) is 5.69 Å². The normalized spacial score (nSPS) is 10.0. The highest BCUT2D eigenvalue weighted by molar-refractivity contribution is 6.35. The largest absolute Gasteiger partial charge is 0.384 e. The molecule has 3 nitrogen and oxygen atoms in total. The summed E-state index contributed by atoms with van der Waals surface area (Å²) in [5.41, 5.74) is 0.823. The molecule has 0 aliphatic heterocycles. The Kier molecular flexibility index (Phi) is 4.90. The minimum absolute atomic E-state index is 0.0839. The zero-order valence-corrected chi connectivity index (χ0v) is 10.8. The maximum Gasteiger partial charge on any atom is 0.223 e. The molecule has 0 bridgehead atoms. The van der Waals surface area contributed by atoms with Crippen molar-refractivity contribution in [3.8, 4) is 0 Å². The highest BCUT2D eigenvalue weighted by Gasteiger charge is 2.03. The number of nitrogens with zero attached hydrogens (tertiary/aromatic N) is 1. The van der Waals surface area contributed by atoms with Crippen molar-refractivity contribution in [2.45, 2.75) is 6.42 Å². The highest BCUT2D eigenvalue weighted by atomic mass is 35.5. The van der Waals surface area contributed by atoms with E-state index in [2.05, 4.69) is 5.32 Å². The van der Waals surface area contributed by atoms with Gasteiger partial charge in [0.25, 0.3) is 0 Å². The quantitative estimate of drug-likeness (QED) is 0.903. The van der Waals surface area contributed by atoms with Crippen LogP contribution in [-0.2, 0) is 4.79 Å². The van der Waals surface area contributed by atoms with Crippen molar-refractivity contribution in [3.63, 3.8) is 0 Å². The van der Waals surface area contributed by atoms with Gasteiger partial charge in [-0.3, -0.25) is 4.79 Å². The number of halogens is 2. The first-order valence-corrected chi connectivity index (χ1v) is 5.65. The molecule has 1 aromatic rings. The molecule has 0 heterocycles. The number of nitrogens with one attached hydrogen (secondary N) is 1. The molecule has 0 aliphatic carbocycles. The van der Waals surface area contributed by atoms with Gasteiger partial charge in [0, 0.05) is 42.8 Å². The third kappa shape index (κ3) is 4.29. The Morgan fingerprint density at radius 3 is 2.31 bits per heavy atom. The lowest BCUT2D eigenvalue weighted by Gasteiger charge is -2.11. The van der Waals surface area contributed by atoms with Gasteiger partial charge in [0.2, 0.25) is 5.91 Å². The topological polar surface area (TPSA) is 32.3 Å². The van der Waals surface area contributed by atoms with Crippen LogP contribution < -0.4 is 5.32 Å². The van der Waals surface area contributed by atoms with Gasteiger partial charge < -0.3 is 10.2 Å². The van der Waals surface area contributed by atoms with E-state index in [0.717, 1.165) is 5.69 Å². The minimum Gasteiger partial charge on any atom is -0.384 e. The van der Waals surface area contributed by atoms with Gasteiger partial charge in [-0.05, 0) is 18.2 Å². The van der Waals surface area contributed by atoms with E-state index in [1.807, 2.05) is 0 Å². The number of hydrogen-bond acceptors (Lipinski definition) is 2. The van der Waals surface area contributed by atoms with Crippen LogP contribution in [0.25, 0.3) is 0 Å². The van der Waals surface area contributed by atoms with E-state index < -0.39 is 0 Å². The molecule has 5 heteroatoms. The second-order valence-electron chi connectivity index (χ2n) is 3.62. The van der Waals surface area contributed by atoms with Crippen molar-refractivity contribution in [1.29, 1.82) is 0 Å². The summed E-state index contributed by atoms with van der Waals surface area (Å²) in [5, 5.41) is 4.25. The van der Waals surface area contributed by atoms with Crippen molar-refractivity contribution in [3.05, 3.63) is 28.2 Å². The van der Waals surface area contributed by atoms with Crippen LogP contribution in [0.1, 0.15) is 6.42 Å². The van der Waals surface area contributed by atoms with E-state index in [0.29, 0.717) is 23.0 Å². The molecular formula is C11H14Cl2N2O. The number of carbonyl (C=O) groups excluding carboxylic acids is 1. The molecule has 0 spiro atoms. The van der Waals surface area contributed by atoms with E-state index in [9.17, 15) is 4.79 Å². The molecule has 16 heavy (non-hydrogen) atoms. The first kappa shape index (κ1) is 13.1. The fourth-order valence-electron chi connectivity index (χ4n) is 1.19. The molecule has 0 aliphatic rings. The molecular weight excluding hydrogens is 247 g/mol. The second kappa shape index (κ2) is 5.97. The Morgan fingerprint density at radius 2 is 1.81 bits per heavy atom. The van der Waals surface area contributed by atoms with E-state index in [4.69, 9.17) is 23.2 Å². The van der Waals surface area contributed by atoms with Gasteiger partial charge in [-0.15, -0.1) is 0 Å². The van der Waals surface area contributed by atoms with Crippen molar-refractivity contribution in [2.24, 2.45) is 0 Å². The van der Waals surface area contributed by atoms with Gasteiger partial charge in [0.15, 0.2) is 0 Å². The number of carbonyl (C=O) groups is 1. The van der Waals surface area contributed by atoms with E-state index in [1.165, 1.54) is 0 Å². The first-order chi connectivity index (χ1) is 7.49. The fourth-order valence-corrected chi connectivity index (χ4v) is 1.72. The summed E-state index contributed by atoms with van der Waals surface area (Å²) >= 11 is 11.7. The first-order valence-electron chi connectivity index (χ1n) is 4.89. The van der Waals surface area contributed by atoms with Crippen LogP contribution in [0.2, 0.25) is 10.0 Å². The Labute approximate surface area is 105 Å². The molecule has 0 saturated carbocycles. The summed E-state index contributed by atoms with van der Waals surface area (Å²) in [4.78, 5) is 12.9. The van der Waals surface area contributed by atoms with Gasteiger partial charge in [-0.2, -0.15) is 0 Å². The zero-order chi connectivity index (χ0) is 12.1. The highest BCUT2D eigenvalue weighted by Crippen LogP contribution is 2.22. The van der Waals surface area contributed by atoms with Crippen LogP contribution >= 0.6 is 23.2 Å². The third-order valence-electron chi connectivity index (χ3n) is 2.03.